The van der Waals surface area contributed by atoms with Gasteiger partial charge in [0.15, 0.2) is 5.54 Å². The summed E-state index contributed by atoms with van der Waals surface area (Å²) in [5, 5.41) is 14.7. The van der Waals surface area contributed by atoms with Crippen molar-refractivity contribution in [3.05, 3.63) is 29.8 Å². The Morgan fingerprint density at radius 1 is 1.33 bits per heavy atom. The Morgan fingerprint density at radius 3 is 2.88 bits per heavy atom. The zero-order chi connectivity index (χ0) is 16.8. The number of amides is 1. The second-order valence-electron chi connectivity index (χ2n) is 6.15. The molecule has 1 aliphatic heterocycles. The average molecular weight is 330 g/mol. The van der Waals surface area contributed by atoms with E-state index < -0.39 is 11.6 Å². The Kier molecular flexibility index (Phi) is 5.08. The van der Waals surface area contributed by atoms with Gasteiger partial charge in [-0.15, -0.1) is 10.2 Å². The lowest BCUT2D eigenvalue weighted by atomic mass is 9.93. The van der Waals surface area contributed by atoms with Gasteiger partial charge >= 0.3 is 6.09 Å². The van der Waals surface area contributed by atoms with Crippen LogP contribution in [0.2, 0.25) is 0 Å². The molecule has 1 fully saturated rings. The molecular weight excluding hydrogens is 308 g/mol. The van der Waals surface area contributed by atoms with Crippen molar-refractivity contribution in [1.82, 2.24) is 5.32 Å². The zero-order valence-corrected chi connectivity index (χ0v) is 13.8. The molecule has 1 amide bonds. The number of hydrogen-bond donors (Lipinski definition) is 1. The fraction of sp³-hybridized carbons (Fsp3) is 0.529. The summed E-state index contributed by atoms with van der Waals surface area (Å²) in [5.41, 5.74) is -0.0735. The van der Waals surface area contributed by atoms with Gasteiger partial charge in [0.1, 0.15) is 12.4 Å². The van der Waals surface area contributed by atoms with Crippen LogP contribution in [-0.2, 0) is 10.3 Å². The SMILES string of the molecule is COc1cccc(C2(COC(=O)NC3CCCCC3)C=NN=N2)c1. The number of ether oxygens (including phenoxy) is 2. The molecule has 0 spiro atoms. The number of nitrogens with one attached hydrogen (secondary N) is 1. The molecule has 1 aromatic rings. The lowest BCUT2D eigenvalue weighted by Gasteiger charge is -2.25. The third-order valence-electron chi connectivity index (χ3n) is 4.47. The molecule has 1 heterocycles. The van der Waals surface area contributed by atoms with E-state index in [-0.39, 0.29) is 12.6 Å². The van der Waals surface area contributed by atoms with Crippen molar-refractivity contribution in [2.75, 3.05) is 13.7 Å². The highest BCUT2D eigenvalue weighted by Crippen LogP contribution is 2.31. The highest BCUT2D eigenvalue weighted by Gasteiger charge is 2.36. The van der Waals surface area contributed by atoms with E-state index in [0.29, 0.717) is 5.75 Å². The standard InChI is InChI=1S/C17H22N4O3/c1-23-15-9-5-6-13(10-15)17(11-18-21-20-17)12-24-16(22)19-14-7-3-2-4-8-14/h5-6,9-11,14H,2-4,7-8,12H2,1H3,(H,19,22). The van der Waals surface area contributed by atoms with Gasteiger partial charge in [-0.2, -0.15) is 0 Å². The molecule has 1 atom stereocenters. The summed E-state index contributed by atoms with van der Waals surface area (Å²) < 4.78 is 10.7. The van der Waals surface area contributed by atoms with E-state index in [9.17, 15) is 4.79 Å². The zero-order valence-electron chi connectivity index (χ0n) is 13.8. The van der Waals surface area contributed by atoms with Crippen molar-refractivity contribution in [3.63, 3.8) is 0 Å². The van der Waals surface area contributed by atoms with Gasteiger partial charge in [0.25, 0.3) is 0 Å². The fourth-order valence-corrected chi connectivity index (χ4v) is 3.06. The van der Waals surface area contributed by atoms with Crippen molar-refractivity contribution in [2.24, 2.45) is 15.4 Å². The van der Waals surface area contributed by atoms with Crippen LogP contribution in [0, 0.1) is 0 Å². The molecule has 2 aliphatic rings. The highest BCUT2D eigenvalue weighted by molar-refractivity contribution is 5.76. The van der Waals surface area contributed by atoms with E-state index >= 15 is 0 Å². The molecule has 1 unspecified atom stereocenters. The summed E-state index contributed by atoms with van der Waals surface area (Å²) in [4.78, 5) is 12.1. The number of nitrogens with zero attached hydrogens (tertiary/aromatic N) is 3. The molecule has 1 aromatic carbocycles. The van der Waals surface area contributed by atoms with E-state index in [0.717, 1.165) is 31.2 Å². The van der Waals surface area contributed by atoms with Crippen LogP contribution >= 0.6 is 0 Å². The van der Waals surface area contributed by atoms with Crippen LogP contribution < -0.4 is 10.1 Å². The van der Waals surface area contributed by atoms with Crippen LogP contribution in [0.1, 0.15) is 37.7 Å². The predicted molar refractivity (Wildman–Crippen MR) is 89.4 cm³/mol. The normalized spacial score (nSPS) is 23.2. The summed E-state index contributed by atoms with van der Waals surface area (Å²) in [6.45, 7) is 0.0473. The van der Waals surface area contributed by atoms with Crippen molar-refractivity contribution >= 4 is 12.3 Å². The highest BCUT2D eigenvalue weighted by atomic mass is 16.5. The Morgan fingerprint density at radius 2 is 2.17 bits per heavy atom. The van der Waals surface area contributed by atoms with Gasteiger partial charge < -0.3 is 14.8 Å². The smallest absolute Gasteiger partial charge is 0.407 e. The lowest BCUT2D eigenvalue weighted by molar-refractivity contribution is 0.125. The molecule has 0 saturated heterocycles. The van der Waals surface area contributed by atoms with Gasteiger partial charge in [0.2, 0.25) is 0 Å². The number of rotatable bonds is 5. The first kappa shape index (κ1) is 16.4. The maximum atomic E-state index is 12.1. The molecule has 0 bridgehead atoms. The Balaban J connectivity index is 1.64. The van der Waals surface area contributed by atoms with Crippen LogP contribution in [0.5, 0.6) is 5.75 Å². The first-order valence-corrected chi connectivity index (χ1v) is 8.26. The third kappa shape index (κ3) is 3.72. The average Bonchev–Trinajstić information content (AvgIpc) is 3.11. The van der Waals surface area contributed by atoms with E-state index in [4.69, 9.17) is 9.47 Å². The molecule has 7 nitrogen and oxygen atoms in total. The first-order chi connectivity index (χ1) is 11.7. The lowest BCUT2D eigenvalue weighted by Crippen LogP contribution is -2.39. The summed E-state index contributed by atoms with van der Waals surface area (Å²) in [6, 6.07) is 7.65. The molecular formula is C17H22N4O3. The van der Waals surface area contributed by atoms with Crippen LogP contribution in [-0.4, -0.2) is 32.1 Å². The molecule has 0 aromatic heterocycles. The van der Waals surface area contributed by atoms with Crippen molar-refractivity contribution < 1.29 is 14.3 Å². The van der Waals surface area contributed by atoms with Crippen molar-refractivity contribution in [2.45, 2.75) is 43.7 Å². The number of alkyl carbamates (subject to hydrolysis) is 1. The molecule has 128 valence electrons. The van der Waals surface area contributed by atoms with Crippen molar-refractivity contribution in [1.29, 1.82) is 0 Å². The van der Waals surface area contributed by atoms with E-state index in [1.54, 1.807) is 13.3 Å². The van der Waals surface area contributed by atoms with Crippen molar-refractivity contribution in [3.8, 4) is 5.75 Å². The minimum atomic E-state index is -0.890. The van der Waals surface area contributed by atoms with E-state index in [1.165, 1.54) is 6.42 Å². The second-order valence-corrected chi connectivity index (χ2v) is 6.15. The quantitative estimate of drug-likeness (QED) is 0.898. The topological polar surface area (TPSA) is 84.6 Å². The van der Waals surface area contributed by atoms with Crippen LogP contribution in [0.25, 0.3) is 0 Å². The maximum absolute atomic E-state index is 12.1. The summed E-state index contributed by atoms with van der Waals surface area (Å²) in [6.07, 6.45) is 6.74. The monoisotopic (exact) mass is 330 g/mol. The van der Waals surface area contributed by atoms with Crippen LogP contribution in [0.15, 0.2) is 39.7 Å². The molecule has 1 N–H and O–H groups in total. The third-order valence-corrected chi connectivity index (χ3v) is 4.47. The largest absolute Gasteiger partial charge is 0.497 e. The summed E-state index contributed by atoms with van der Waals surface area (Å²) >= 11 is 0. The fourth-order valence-electron chi connectivity index (χ4n) is 3.06. The number of methoxy groups -OCH3 is 1. The van der Waals surface area contributed by atoms with Gasteiger partial charge in [-0.25, -0.2) is 4.79 Å². The van der Waals surface area contributed by atoms with Crippen LogP contribution in [0.3, 0.4) is 0 Å². The molecule has 1 saturated carbocycles. The van der Waals surface area contributed by atoms with Gasteiger partial charge in [-0.1, -0.05) is 31.4 Å². The summed E-state index contributed by atoms with van der Waals surface area (Å²) in [7, 11) is 1.60. The maximum Gasteiger partial charge on any atom is 0.407 e. The van der Waals surface area contributed by atoms with E-state index in [1.807, 2.05) is 24.3 Å². The van der Waals surface area contributed by atoms with Crippen LogP contribution in [0.4, 0.5) is 4.79 Å². The molecule has 7 heteroatoms. The van der Waals surface area contributed by atoms with Gasteiger partial charge in [0, 0.05) is 6.04 Å². The van der Waals surface area contributed by atoms with Gasteiger partial charge in [0.05, 0.1) is 13.3 Å². The second kappa shape index (κ2) is 7.42. The molecule has 0 radical (unpaired) electrons. The number of carbonyl (C=O) groups is 1. The Hall–Kier alpha value is -2.44. The Bertz CT molecular complexity index is 626. The minimum Gasteiger partial charge on any atom is -0.497 e. The van der Waals surface area contributed by atoms with Gasteiger partial charge in [-0.05, 0) is 35.8 Å². The predicted octanol–water partition coefficient (Wildman–Crippen LogP) is 3.40. The number of benzene rings is 1. The Labute approximate surface area is 141 Å². The number of hydrogen-bond acceptors (Lipinski definition) is 6. The summed E-state index contributed by atoms with van der Waals surface area (Å²) in [5.74, 6) is 0.703. The molecule has 1 aliphatic carbocycles. The van der Waals surface area contributed by atoms with Gasteiger partial charge in [-0.3, -0.25) is 0 Å². The molecule has 3 rings (SSSR count). The van der Waals surface area contributed by atoms with E-state index in [2.05, 4.69) is 20.8 Å². The minimum absolute atomic E-state index is 0.0473. The number of carbonyl (C=O) groups excluding carboxylic acids is 1. The molecule has 24 heavy (non-hydrogen) atoms. The first-order valence-electron chi connectivity index (χ1n) is 8.26.